The van der Waals surface area contributed by atoms with Crippen LogP contribution in [0.25, 0.3) is 0 Å². The Bertz CT molecular complexity index is 346. The molecule has 0 spiro atoms. The highest BCUT2D eigenvalue weighted by molar-refractivity contribution is 6.77. The van der Waals surface area contributed by atoms with Gasteiger partial charge in [-0.2, -0.15) is 0 Å². The predicted molar refractivity (Wildman–Crippen MR) is 106 cm³/mol. The average molecular weight is 394 g/mol. The Morgan fingerprint density at radius 2 is 1.40 bits per heavy atom. The molecule has 0 fully saturated rings. The Morgan fingerprint density at radius 1 is 0.880 bits per heavy atom. The molecule has 0 aliphatic carbocycles. The summed E-state index contributed by atoms with van der Waals surface area (Å²) in [7, 11) is 0.882. The summed E-state index contributed by atoms with van der Waals surface area (Å²) in [5.41, 5.74) is 0. The lowest BCUT2D eigenvalue weighted by Gasteiger charge is -2.41. The van der Waals surface area contributed by atoms with E-state index >= 15 is 0 Å². The van der Waals surface area contributed by atoms with Gasteiger partial charge < -0.3 is 22.6 Å². The molecule has 0 atom stereocenters. The molecule has 0 radical (unpaired) electrons. The quantitative estimate of drug-likeness (QED) is 0.313. The van der Waals surface area contributed by atoms with Gasteiger partial charge in [0, 0.05) is 33.9 Å². The van der Waals surface area contributed by atoms with Crippen molar-refractivity contribution < 1.29 is 22.8 Å². The van der Waals surface area contributed by atoms with Crippen LogP contribution in [0.3, 0.4) is 0 Å². The smallest absolute Gasteiger partial charge is 0.466 e. The fraction of sp³-hybridized carbons (Fsp3) is 0.941. The number of esters is 1. The minimum absolute atomic E-state index is 0.104. The molecule has 0 aromatic carbocycles. The summed E-state index contributed by atoms with van der Waals surface area (Å²) in [6.45, 7) is 10.9. The largest absolute Gasteiger partial charge is 0.500 e. The van der Waals surface area contributed by atoms with Crippen LogP contribution in [-0.2, 0) is 22.8 Å². The van der Waals surface area contributed by atoms with Gasteiger partial charge in [0.25, 0.3) is 0 Å². The highest BCUT2D eigenvalue weighted by Crippen LogP contribution is 2.26. The second-order valence-corrected chi connectivity index (χ2v) is 14.5. The van der Waals surface area contributed by atoms with E-state index < -0.39 is 17.0 Å². The monoisotopic (exact) mass is 393 g/mol. The maximum Gasteiger partial charge on any atom is 0.500 e. The van der Waals surface area contributed by atoms with Crippen molar-refractivity contribution in [2.75, 3.05) is 41.0 Å². The second-order valence-electron chi connectivity index (χ2n) is 6.23. The van der Waals surface area contributed by atoms with Crippen LogP contribution < -0.4 is 0 Å². The van der Waals surface area contributed by atoms with E-state index in [0.717, 1.165) is 25.6 Å². The molecule has 0 N–H and O–H groups in total. The highest BCUT2D eigenvalue weighted by atomic mass is 28.4. The van der Waals surface area contributed by atoms with Gasteiger partial charge in [0.1, 0.15) is 8.24 Å². The van der Waals surface area contributed by atoms with E-state index in [1.54, 1.807) is 21.3 Å². The summed E-state index contributed by atoms with van der Waals surface area (Å²) in [4.78, 5) is 11.8. The molecule has 0 saturated heterocycles. The molecule has 0 rings (SSSR count). The van der Waals surface area contributed by atoms with Crippen LogP contribution in [0, 0.1) is 0 Å². The van der Waals surface area contributed by atoms with Crippen LogP contribution >= 0.6 is 0 Å². The molecule has 8 heteroatoms. The molecule has 0 bridgehead atoms. The lowest BCUT2D eigenvalue weighted by molar-refractivity contribution is -0.143. The SMILES string of the molecule is CCOC(=O)CCN(CCC[Si](OC)(OC)OC)[Si](CC)(CC)CC. The normalized spacial score (nSPS) is 12.6. The van der Waals surface area contributed by atoms with Crippen molar-refractivity contribution in [1.82, 2.24) is 4.57 Å². The third kappa shape index (κ3) is 7.48. The van der Waals surface area contributed by atoms with Crippen molar-refractivity contribution >= 4 is 23.0 Å². The Kier molecular flexibility index (Phi) is 12.9. The number of hydrogen-bond donors (Lipinski definition) is 0. The van der Waals surface area contributed by atoms with Crippen LogP contribution in [0.5, 0.6) is 0 Å². The zero-order valence-electron chi connectivity index (χ0n) is 17.4. The van der Waals surface area contributed by atoms with E-state index in [-0.39, 0.29) is 5.97 Å². The molecular weight excluding hydrogens is 354 g/mol. The van der Waals surface area contributed by atoms with Gasteiger partial charge in [-0.3, -0.25) is 4.79 Å². The fourth-order valence-electron chi connectivity index (χ4n) is 3.51. The molecule has 6 nitrogen and oxygen atoms in total. The summed E-state index contributed by atoms with van der Waals surface area (Å²) in [6.07, 6.45) is 1.41. The number of hydrogen-bond acceptors (Lipinski definition) is 6. The third-order valence-corrected chi connectivity index (χ3v) is 13.9. The van der Waals surface area contributed by atoms with Crippen LogP contribution in [0.1, 0.15) is 40.5 Å². The summed E-state index contributed by atoms with van der Waals surface area (Å²) in [6, 6.07) is 4.38. The van der Waals surface area contributed by atoms with E-state index in [9.17, 15) is 4.79 Å². The van der Waals surface area contributed by atoms with Gasteiger partial charge >= 0.3 is 14.8 Å². The first-order valence-electron chi connectivity index (χ1n) is 9.49. The molecule has 0 aromatic rings. The Morgan fingerprint density at radius 3 is 1.80 bits per heavy atom. The fourth-order valence-corrected chi connectivity index (χ4v) is 9.27. The topological polar surface area (TPSA) is 57.2 Å². The molecule has 0 amide bonds. The van der Waals surface area contributed by atoms with Crippen LogP contribution in [0.2, 0.25) is 24.2 Å². The standard InChI is InChI=1S/C17H39NO5Si2/c1-8-23-17(19)13-15-18(24(9-2,10-3)11-4)14-12-16-25(20-5,21-6)22-7/h8-16H2,1-7H3. The Hall–Kier alpha value is -0.256. The average Bonchev–Trinajstić information content (AvgIpc) is 2.65. The maximum atomic E-state index is 11.8. The van der Waals surface area contributed by atoms with Gasteiger partial charge in [-0.05, 0) is 38.0 Å². The summed E-state index contributed by atoms with van der Waals surface area (Å²) < 4.78 is 24.3. The van der Waals surface area contributed by atoms with Gasteiger partial charge in [-0.1, -0.05) is 20.8 Å². The number of ether oxygens (including phenoxy) is 1. The number of rotatable bonds is 15. The molecule has 25 heavy (non-hydrogen) atoms. The van der Waals surface area contributed by atoms with E-state index in [4.69, 9.17) is 18.0 Å². The summed E-state index contributed by atoms with van der Waals surface area (Å²) in [5, 5.41) is 0. The van der Waals surface area contributed by atoms with Crippen molar-refractivity contribution in [3.05, 3.63) is 0 Å². The molecule has 0 aliphatic heterocycles. The second kappa shape index (κ2) is 13.0. The predicted octanol–water partition coefficient (Wildman–Crippen LogP) is 3.52. The lowest BCUT2D eigenvalue weighted by Crippen LogP contribution is -2.53. The Labute approximate surface area is 156 Å². The van der Waals surface area contributed by atoms with Crippen LogP contribution in [0.15, 0.2) is 0 Å². The molecule has 0 saturated carbocycles. The number of nitrogens with zero attached hydrogens (tertiary/aromatic N) is 1. The molecule has 0 unspecified atom stereocenters. The maximum absolute atomic E-state index is 11.8. The third-order valence-electron chi connectivity index (χ3n) is 5.38. The van der Waals surface area contributed by atoms with Crippen molar-refractivity contribution in [2.24, 2.45) is 0 Å². The van der Waals surface area contributed by atoms with Crippen molar-refractivity contribution in [2.45, 2.75) is 64.7 Å². The van der Waals surface area contributed by atoms with Gasteiger partial charge in [-0.15, -0.1) is 0 Å². The van der Waals surface area contributed by atoms with Crippen molar-refractivity contribution in [3.63, 3.8) is 0 Å². The molecule has 0 heterocycles. The van der Waals surface area contributed by atoms with Crippen LogP contribution in [0.4, 0.5) is 0 Å². The summed E-state index contributed by atoms with van der Waals surface area (Å²) >= 11 is 0. The molecule has 150 valence electrons. The van der Waals surface area contributed by atoms with Crippen molar-refractivity contribution in [1.29, 1.82) is 0 Å². The van der Waals surface area contributed by atoms with Crippen LogP contribution in [-0.4, -0.2) is 68.6 Å². The zero-order valence-corrected chi connectivity index (χ0v) is 19.4. The minimum atomic E-state index is -2.53. The minimum Gasteiger partial charge on any atom is -0.466 e. The summed E-state index contributed by atoms with van der Waals surface area (Å²) in [5.74, 6) is -0.104. The highest BCUT2D eigenvalue weighted by Gasteiger charge is 2.39. The first-order chi connectivity index (χ1) is 11.9. The van der Waals surface area contributed by atoms with Gasteiger partial charge in [0.05, 0.1) is 13.0 Å². The van der Waals surface area contributed by atoms with Gasteiger partial charge in [-0.25, -0.2) is 0 Å². The van der Waals surface area contributed by atoms with E-state index in [2.05, 4.69) is 25.3 Å². The number of carbonyl (C=O) groups is 1. The first kappa shape index (κ1) is 24.7. The van der Waals surface area contributed by atoms with Gasteiger partial charge in [0.15, 0.2) is 0 Å². The van der Waals surface area contributed by atoms with E-state index in [0.29, 0.717) is 13.0 Å². The molecule has 0 aliphatic rings. The number of carbonyl (C=O) groups excluding carboxylic acids is 1. The first-order valence-corrected chi connectivity index (χ1v) is 14.0. The molecular formula is C17H39NO5Si2. The lowest BCUT2D eigenvalue weighted by atomic mass is 10.4. The van der Waals surface area contributed by atoms with E-state index in [1.807, 2.05) is 6.92 Å². The van der Waals surface area contributed by atoms with E-state index in [1.165, 1.54) is 18.1 Å². The molecule has 0 aromatic heterocycles. The Balaban J connectivity index is 4.97. The zero-order chi connectivity index (χ0) is 19.3. The van der Waals surface area contributed by atoms with Crippen molar-refractivity contribution in [3.8, 4) is 0 Å². The van der Waals surface area contributed by atoms with Gasteiger partial charge in [0.2, 0.25) is 0 Å².